The lowest BCUT2D eigenvalue weighted by Gasteiger charge is -2.42. The minimum absolute atomic E-state index is 0.00682. The number of benzene rings is 1. The molecule has 12 heteroatoms. The molecular formula is C23H23F4N3O4S. The van der Waals surface area contributed by atoms with Crippen molar-refractivity contribution in [3.63, 3.8) is 0 Å². The maximum atomic E-state index is 15.1. The Morgan fingerprint density at radius 2 is 1.89 bits per heavy atom. The molecular weight excluding hydrogens is 490 g/mol. The quantitative estimate of drug-likeness (QED) is 0.596. The summed E-state index contributed by atoms with van der Waals surface area (Å²) in [5.74, 6) is -3.81. The molecule has 35 heavy (non-hydrogen) atoms. The van der Waals surface area contributed by atoms with Gasteiger partial charge in [0.25, 0.3) is 5.91 Å². The Balaban J connectivity index is 1.78. The van der Waals surface area contributed by atoms with Crippen molar-refractivity contribution in [2.75, 3.05) is 12.8 Å². The van der Waals surface area contributed by atoms with Gasteiger partial charge in [-0.1, -0.05) is 6.07 Å². The maximum absolute atomic E-state index is 15.1. The van der Waals surface area contributed by atoms with E-state index in [1.54, 1.807) is 0 Å². The number of pyridine rings is 1. The predicted octanol–water partition coefficient (Wildman–Crippen LogP) is 3.30. The van der Waals surface area contributed by atoms with Gasteiger partial charge in [-0.3, -0.25) is 9.59 Å². The number of aromatic nitrogens is 1. The number of carbonyl (C=O) groups excluding carboxylic acids is 2. The van der Waals surface area contributed by atoms with Gasteiger partial charge in [0, 0.05) is 24.9 Å². The van der Waals surface area contributed by atoms with Gasteiger partial charge in [0.1, 0.15) is 11.4 Å². The molecule has 1 saturated carbocycles. The van der Waals surface area contributed by atoms with E-state index in [9.17, 15) is 31.2 Å². The molecule has 2 N–H and O–H groups in total. The zero-order valence-corrected chi connectivity index (χ0v) is 19.5. The number of alkyl halides is 3. The van der Waals surface area contributed by atoms with Gasteiger partial charge in [0.15, 0.2) is 14.9 Å². The van der Waals surface area contributed by atoms with Crippen LogP contribution in [0.2, 0.25) is 0 Å². The van der Waals surface area contributed by atoms with Crippen LogP contribution in [0.3, 0.4) is 0 Å². The molecule has 0 bridgehead atoms. The molecule has 2 fully saturated rings. The van der Waals surface area contributed by atoms with E-state index in [1.165, 1.54) is 17.0 Å². The Morgan fingerprint density at radius 1 is 1.20 bits per heavy atom. The van der Waals surface area contributed by atoms with Crippen LogP contribution in [-0.4, -0.2) is 48.5 Å². The second-order valence-corrected chi connectivity index (χ2v) is 11.0. The average Bonchev–Trinajstić information content (AvgIpc) is 3.50. The van der Waals surface area contributed by atoms with Crippen molar-refractivity contribution in [3.05, 3.63) is 59.0 Å². The first-order chi connectivity index (χ1) is 16.3. The molecule has 4 rings (SSSR count). The number of rotatable bonds is 6. The molecule has 188 valence electrons. The average molecular weight is 514 g/mol. The molecule has 2 aromatic rings. The van der Waals surface area contributed by atoms with Gasteiger partial charge in [0.05, 0.1) is 11.1 Å². The van der Waals surface area contributed by atoms with Gasteiger partial charge in [-0.2, -0.15) is 13.2 Å². The highest BCUT2D eigenvalue weighted by molar-refractivity contribution is 7.90. The van der Waals surface area contributed by atoms with E-state index < -0.39 is 50.7 Å². The number of hydrogen-bond acceptors (Lipinski definition) is 5. The number of amides is 2. The molecule has 2 atom stereocenters. The lowest BCUT2D eigenvalue weighted by atomic mass is 9.73. The Kier molecular flexibility index (Phi) is 6.15. The number of likely N-dealkylation sites (tertiary alicyclic amines) is 1. The summed E-state index contributed by atoms with van der Waals surface area (Å²) in [6.07, 6.45) is -1.00. The molecule has 0 unspecified atom stereocenters. The number of sulfone groups is 1. The van der Waals surface area contributed by atoms with Gasteiger partial charge in [-0.25, -0.2) is 17.8 Å². The van der Waals surface area contributed by atoms with E-state index in [4.69, 9.17) is 5.73 Å². The van der Waals surface area contributed by atoms with Gasteiger partial charge >= 0.3 is 6.18 Å². The molecule has 1 aliphatic heterocycles. The minimum atomic E-state index is -4.74. The zero-order chi connectivity index (χ0) is 25.8. The number of nitrogens with two attached hydrogens (primary N) is 1. The first-order valence-electron chi connectivity index (χ1n) is 10.9. The van der Waals surface area contributed by atoms with Crippen molar-refractivity contribution < 1.29 is 35.6 Å². The third-order valence-electron chi connectivity index (χ3n) is 6.73. The van der Waals surface area contributed by atoms with E-state index in [0.29, 0.717) is 25.3 Å². The standard InChI is InChI=1S/C23H23F4N3O4S/c1-35(33,34)18-8-5-14(12-29-18)20(31)30-10-2-9-22(30,21(28)32)19(13-3-4-13)16-7-6-15(11-17(16)24)23(25,26)27/h5-8,11-13,19H,2-4,9-10H2,1H3,(H2,28,32)/t19-,22-/m0/s1. The van der Waals surface area contributed by atoms with Crippen LogP contribution in [0.25, 0.3) is 0 Å². The van der Waals surface area contributed by atoms with E-state index in [-0.39, 0.29) is 35.0 Å². The zero-order valence-electron chi connectivity index (χ0n) is 18.7. The van der Waals surface area contributed by atoms with Crippen LogP contribution < -0.4 is 5.73 Å². The van der Waals surface area contributed by atoms with Crippen molar-refractivity contribution in [3.8, 4) is 0 Å². The Hall–Kier alpha value is -3.02. The highest BCUT2D eigenvalue weighted by Gasteiger charge is 2.59. The summed E-state index contributed by atoms with van der Waals surface area (Å²) in [5.41, 5.74) is 2.94. The highest BCUT2D eigenvalue weighted by atomic mass is 32.2. The maximum Gasteiger partial charge on any atom is 0.416 e. The van der Waals surface area contributed by atoms with E-state index in [2.05, 4.69) is 4.98 Å². The number of halogens is 4. The van der Waals surface area contributed by atoms with Crippen LogP contribution >= 0.6 is 0 Å². The summed E-state index contributed by atoms with van der Waals surface area (Å²) in [4.78, 5) is 31.5. The van der Waals surface area contributed by atoms with E-state index in [1.807, 2.05) is 0 Å². The van der Waals surface area contributed by atoms with Gasteiger partial charge in [-0.05, 0) is 61.4 Å². The van der Waals surface area contributed by atoms with Gasteiger partial charge in [0.2, 0.25) is 5.91 Å². The van der Waals surface area contributed by atoms with Crippen LogP contribution in [0.15, 0.2) is 41.6 Å². The smallest absolute Gasteiger partial charge is 0.368 e. The molecule has 7 nitrogen and oxygen atoms in total. The molecule has 1 aliphatic carbocycles. The van der Waals surface area contributed by atoms with Crippen LogP contribution in [0.4, 0.5) is 17.6 Å². The van der Waals surface area contributed by atoms with E-state index >= 15 is 4.39 Å². The van der Waals surface area contributed by atoms with Crippen molar-refractivity contribution in [2.24, 2.45) is 11.7 Å². The summed E-state index contributed by atoms with van der Waals surface area (Å²) in [6.45, 7) is 0.112. The molecule has 0 radical (unpaired) electrons. The van der Waals surface area contributed by atoms with Crippen LogP contribution in [0, 0.1) is 11.7 Å². The molecule has 1 aromatic heterocycles. The first-order valence-corrected chi connectivity index (χ1v) is 12.8. The summed E-state index contributed by atoms with van der Waals surface area (Å²) in [6, 6.07) is 4.61. The molecule has 1 aromatic carbocycles. The summed E-state index contributed by atoms with van der Waals surface area (Å²) in [5, 5.41) is -0.237. The summed E-state index contributed by atoms with van der Waals surface area (Å²) < 4.78 is 77.7. The SMILES string of the molecule is CS(=O)(=O)c1ccc(C(=O)N2CCC[C@@]2(C(N)=O)[C@H](c2ccc(C(F)(F)F)cc2F)C2CC2)cn1. The molecule has 0 spiro atoms. The number of carbonyl (C=O) groups is 2. The Morgan fingerprint density at radius 3 is 2.37 bits per heavy atom. The number of primary amides is 1. The van der Waals surface area contributed by atoms with Gasteiger partial charge in [-0.15, -0.1) is 0 Å². The normalized spacial score (nSPS) is 21.7. The fourth-order valence-electron chi connectivity index (χ4n) is 5.03. The molecule has 2 aliphatic rings. The lowest BCUT2D eigenvalue weighted by Crippen LogP contribution is -2.60. The largest absolute Gasteiger partial charge is 0.416 e. The molecule has 2 heterocycles. The van der Waals surface area contributed by atoms with Gasteiger partial charge < -0.3 is 10.6 Å². The third-order valence-corrected chi connectivity index (χ3v) is 7.73. The third kappa shape index (κ3) is 4.51. The highest BCUT2D eigenvalue weighted by Crippen LogP contribution is 2.54. The van der Waals surface area contributed by atoms with Crippen molar-refractivity contribution in [1.82, 2.24) is 9.88 Å². The molecule has 2 amide bonds. The number of nitrogens with zero attached hydrogens (tertiary/aromatic N) is 2. The number of hydrogen-bond donors (Lipinski definition) is 1. The fourth-order valence-corrected chi connectivity index (χ4v) is 5.58. The Bertz CT molecular complexity index is 1280. The lowest BCUT2D eigenvalue weighted by molar-refractivity contribution is -0.138. The monoisotopic (exact) mass is 513 g/mol. The van der Waals surface area contributed by atoms with E-state index in [0.717, 1.165) is 24.6 Å². The Labute approximate surface area is 199 Å². The minimum Gasteiger partial charge on any atom is -0.368 e. The topological polar surface area (TPSA) is 110 Å². The van der Waals surface area contributed by atoms with Crippen molar-refractivity contribution in [2.45, 2.75) is 48.3 Å². The fraction of sp³-hybridized carbons (Fsp3) is 0.435. The molecule has 1 saturated heterocycles. The summed E-state index contributed by atoms with van der Waals surface area (Å²) in [7, 11) is -3.60. The van der Waals surface area contributed by atoms with Crippen molar-refractivity contribution in [1.29, 1.82) is 0 Å². The second-order valence-electron chi connectivity index (χ2n) is 9.06. The first kappa shape index (κ1) is 25.1. The second kappa shape index (κ2) is 8.58. The van der Waals surface area contributed by atoms with Crippen LogP contribution in [0.1, 0.15) is 53.1 Å². The van der Waals surface area contributed by atoms with Crippen LogP contribution in [0.5, 0.6) is 0 Å². The van der Waals surface area contributed by atoms with Crippen LogP contribution in [-0.2, 0) is 20.8 Å². The predicted molar refractivity (Wildman–Crippen MR) is 116 cm³/mol. The summed E-state index contributed by atoms with van der Waals surface area (Å²) >= 11 is 0. The van der Waals surface area contributed by atoms with Crippen molar-refractivity contribution >= 4 is 21.7 Å².